The molecule has 2 aromatic carbocycles. The Morgan fingerprint density at radius 3 is 2.41 bits per heavy atom. The van der Waals surface area contributed by atoms with Crippen LogP contribution in [0.4, 0.5) is 0 Å². The van der Waals surface area contributed by atoms with Crippen molar-refractivity contribution in [1.29, 1.82) is 0 Å². The number of methoxy groups -OCH3 is 3. The standard InChI is InChI=1S/C29H32N4O5S/c1-18-6-8-19(9-7-18)39(34,35)29(31-12-13-36-3)20-10-11-30-28-22(20)14-24(32-28)23-17-33(2)25-16-27(38-5)26(37-4)15-21(23)25/h6-11,14-17,29,31H,12-13H2,1-5H3,(H,30,32). The summed E-state index contributed by atoms with van der Waals surface area (Å²) >= 11 is 0. The minimum Gasteiger partial charge on any atom is -0.493 e. The fourth-order valence-corrected chi connectivity index (χ4v) is 6.55. The summed E-state index contributed by atoms with van der Waals surface area (Å²) in [6.45, 7) is 2.66. The van der Waals surface area contributed by atoms with Gasteiger partial charge in [-0.2, -0.15) is 0 Å². The van der Waals surface area contributed by atoms with Gasteiger partial charge in [-0.25, -0.2) is 13.4 Å². The summed E-state index contributed by atoms with van der Waals surface area (Å²) in [6.07, 6.45) is 3.65. The number of nitrogens with one attached hydrogen (secondary N) is 2. The lowest BCUT2D eigenvalue weighted by atomic mass is 10.1. The first-order valence-electron chi connectivity index (χ1n) is 12.5. The molecule has 2 N–H and O–H groups in total. The molecular formula is C29H32N4O5S. The Morgan fingerprint density at radius 1 is 1.00 bits per heavy atom. The van der Waals surface area contributed by atoms with Gasteiger partial charge in [0, 0.05) is 61.2 Å². The minimum absolute atomic E-state index is 0.249. The average Bonchev–Trinajstić information content (AvgIpc) is 3.51. The third kappa shape index (κ3) is 4.87. The Labute approximate surface area is 227 Å². The van der Waals surface area contributed by atoms with E-state index in [1.54, 1.807) is 57.9 Å². The molecular weight excluding hydrogens is 516 g/mol. The first kappa shape index (κ1) is 26.7. The van der Waals surface area contributed by atoms with Crippen LogP contribution in [0.25, 0.3) is 33.2 Å². The number of rotatable bonds is 10. The van der Waals surface area contributed by atoms with Crippen molar-refractivity contribution in [2.75, 3.05) is 34.5 Å². The molecule has 0 aliphatic carbocycles. The van der Waals surface area contributed by atoms with Crippen LogP contribution in [0.1, 0.15) is 16.5 Å². The second kappa shape index (κ2) is 10.7. The van der Waals surface area contributed by atoms with Crippen LogP contribution in [-0.2, 0) is 21.6 Å². The van der Waals surface area contributed by atoms with E-state index in [0.29, 0.717) is 35.9 Å². The summed E-state index contributed by atoms with van der Waals surface area (Å²) in [5.41, 5.74) is 4.91. The molecule has 3 heterocycles. The summed E-state index contributed by atoms with van der Waals surface area (Å²) in [6, 6.07) is 14.5. The van der Waals surface area contributed by atoms with Crippen molar-refractivity contribution in [2.45, 2.75) is 17.2 Å². The van der Waals surface area contributed by atoms with Crippen molar-refractivity contribution in [3.05, 3.63) is 72.1 Å². The number of aromatic nitrogens is 3. The predicted octanol–water partition coefficient (Wildman–Crippen LogP) is 4.76. The van der Waals surface area contributed by atoms with E-state index >= 15 is 0 Å². The maximum atomic E-state index is 13.9. The summed E-state index contributed by atoms with van der Waals surface area (Å²) in [5.74, 6) is 1.27. The molecule has 39 heavy (non-hydrogen) atoms. The van der Waals surface area contributed by atoms with Crippen LogP contribution in [0.15, 0.2) is 65.8 Å². The topological polar surface area (TPSA) is 107 Å². The summed E-state index contributed by atoms with van der Waals surface area (Å²) in [7, 11) is 2.98. The smallest absolute Gasteiger partial charge is 0.198 e. The number of pyridine rings is 1. The molecule has 0 saturated carbocycles. The van der Waals surface area contributed by atoms with Gasteiger partial charge in [0.2, 0.25) is 0 Å². The van der Waals surface area contributed by atoms with E-state index in [4.69, 9.17) is 14.2 Å². The quantitative estimate of drug-likeness (QED) is 0.242. The number of sulfone groups is 1. The molecule has 0 saturated heterocycles. The molecule has 5 rings (SSSR count). The zero-order valence-corrected chi connectivity index (χ0v) is 23.4. The molecule has 0 amide bonds. The third-order valence-electron chi connectivity index (χ3n) is 6.93. The molecule has 0 fully saturated rings. The highest BCUT2D eigenvalue weighted by Crippen LogP contribution is 2.39. The fourth-order valence-electron chi connectivity index (χ4n) is 4.89. The highest BCUT2D eigenvalue weighted by molar-refractivity contribution is 7.91. The molecule has 5 aromatic rings. The van der Waals surface area contributed by atoms with Crippen LogP contribution in [0, 0.1) is 6.92 Å². The Morgan fingerprint density at radius 2 is 1.72 bits per heavy atom. The molecule has 0 radical (unpaired) electrons. The second-order valence-electron chi connectivity index (χ2n) is 9.41. The molecule has 3 aromatic heterocycles. The Hall–Kier alpha value is -3.86. The maximum Gasteiger partial charge on any atom is 0.198 e. The number of hydrogen-bond donors (Lipinski definition) is 2. The van der Waals surface area contributed by atoms with Gasteiger partial charge < -0.3 is 23.8 Å². The molecule has 0 bridgehead atoms. The SMILES string of the molecule is COCCNC(c1ccnc2[nH]c(-c3cn(C)c4cc(OC)c(OC)cc34)cc12)S(=O)(=O)c1ccc(C)cc1. The first-order valence-corrected chi connectivity index (χ1v) is 14.0. The Balaban J connectivity index is 1.66. The highest BCUT2D eigenvalue weighted by atomic mass is 32.2. The maximum absolute atomic E-state index is 13.9. The molecule has 0 aliphatic rings. The Kier molecular flexibility index (Phi) is 7.35. The van der Waals surface area contributed by atoms with E-state index in [1.165, 1.54) is 0 Å². The minimum atomic E-state index is -3.79. The molecule has 204 valence electrons. The van der Waals surface area contributed by atoms with Crippen LogP contribution in [0.2, 0.25) is 0 Å². The monoisotopic (exact) mass is 548 g/mol. The van der Waals surface area contributed by atoms with Gasteiger partial charge in [0.1, 0.15) is 11.0 Å². The van der Waals surface area contributed by atoms with E-state index < -0.39 is 15.2 Å². The number of aryl methyl sites for hydroxylation is 2. The number of benzene rings is 2. The van der Waals surface area contributed by atoms with Gasteiger partial charge in [-0.1, -0.05) is 17.7 Å². The zero-order chi connectivity index (χ0) is 27.7. The molecule has 1 atom stereocenters. The highest BCUT2D eigenvalue weighted by Gasteiger charge is 2.31. The summed E-state index contributed by atoms with van der Waals surface area (Å²) in [4.78, 5) is 8.18. The number of H-pyrrole nitrogens is 1. The molecule has 0 spiro atoms. The molecule has 9 nitrogen and oxygen atoms in total. The van der Waals surface area contributed by atoms with Gasteiger partial charge in [-0.15, -0.1) is 0 Å². The van der Waals surface area contributed by atoms with Crippen LogP contribution in [-0.4, -0.2) is 57.4 Å². The Bertz CT molecular complexity index is 1740. The van der Waals surface area contributed by atoms with Gasteiger partial charge >= 0.3 is 0 Å². The van der Waals surface area contributed by atoms with Gasteiger partial charge in [0.05, 0.1) is 31.2 Å². The van der Waals surface area contributed by atoms with E-state index in [-0.39, 0.29) is 4.90 Å². The van der Waals surface area contributed by atoms with Gasteiger partial charge in [-0.05, 0) is 42.8 Å². The predicted molar refractivity (Wildman–Crippen MR) is 152 cm³/mol. The molecule has 0 aliphatic heterocycles. The van der Waals surface area contributed by atoms with E-state index in [9.17, 15) is 8.42 Å². The number of fused-ring (bicyclic) bond motifs is 2. The fraction of sp³-hybridized carbons (Fsp3) is 0.276. The van der Waals surface area contributed by atoms with Gasteiger partial charge in [0.15, 0.2) is 21.3 Å². The summed E-state index contributed by atoms with van der Waals surface area (Å²) < 4.78 is 46.1. The summed E-state index contributed by atoms with van der Waals surface area (Å²) in [5, 5.41) is 3.89. The van der Waals surface area contributed by atoms with Crippen LogP contribution in [0.3, 0.4) is 0 Å². The van der Waals surface area contributed by atoms with Crippen LogP contribution >= 0.6 is 0 Å². The lowest BCUT2D eigenvalue weighted by Gasteiger charge is -2.20. The second-order valence-corrected chi connectivity index (χ2v) is 11.4. The van der Waals surface area contributed by atoms with Crippen molar-refractivity contribution in [1.82, 2.24) is 19.9 Å². The lowest BCUT2D eigenvalue weighted by molar-refractivity contribution is 0.198. The number of aromatic amines is 1. The number of nitrogens with zero attached hydrogens (tertiary/aromatic N) is 2. The van der Waals surface area contributed by atoms with Crippen LogP contribution < -0.4 is 14.8 Å². The molecule has 1 unspecified atom stereocenters. The largest absolute Gasteiger partial charge is 0.493 e. The van der Waals surface area contributed by atoms with Gasteiger partial charge in [-0.3, -0.25) is 5.32 Å². The van der Waals surface area contributed by atoms with E-state index in [2.05, 4.69) is 15.3 Å². The number of ether oxygens (including phenoxy) is 3. The van der Waals surface area contributed by atoms with E-state index in [0.717, 1.165) is 33.1 Å². The van der Waals surface area contributed by atoms with Crippen molar-refractivity contribution in [3.8, 4) is 22.8 Å². The van der Waals surface area contributed by atoms with Crippen molar-refractivity contribution < 1.29 is 22.6 Å². The number of hydrogen-bond acceptors (Lipinski definition) is 7. The molecule has 10 heteroatoms. The first-order chi connectivity index (χ1) is 18.8. The van der Waals surface area contributed by atoms with Crippen molar-refractivity contribution in [2.24, 2.45) is 7.05 Å². The van der Waals surface area contributed by atoms with E-state index in [1.807, 2.05) is 42.9 Å². The van der Waals surface area contributed by atoms with Crippen molar-refractivity contribution in [3.63, 3.8) is 0 Å². The average molecular weight is 549 g/mol. The normalized spacial score (nSPS) is 12.7. The van der Waals surface area contributed by atoms with Crippen LogP contribution in [0.5, 0.6) is 11.5 Å². The zero-order valence-electron chi connectivity index (χ0n) is 22.6. The van der Waals surface area contributed by atoms with Crippen molar-refractivity contribution >= 4 is 31.8 Å². The van der Waals surface area contributed by atoms with Gasteiger partial charge in [0.25, 0.3) is 0 Å². The lowest BCUT2D eigenvalue weighted by Crippen LogP contribution is -2.31. The third-order valence-corrected chi connectivity index (χ3v) is 8.90.